The Labute approximate surface area is 170 Å². The summed E-state index contributed by atoms with van der Waals surface area (Å²) in [6.45, 7) is 2.08. The Morgan fingerprint density at radius 1 is 1.21 bits per heavy atom. The lowest BCUT2D eigenvalue weighted by atomic mass is 9.85. The zero-order valence-corrected chi connectivity index (χ0v) is 17.0. The molecule has 2 aromatic rings. The normalized spacial score (nSPS) is 23.3. The predicted octanol–water partition coefficient (Wildman–Crippen LogP) is 2.95. The van der Waals surface area contributed by atoms with Crippen LogP contribution in [0.15, 0.2) is 39.7 Å². The summed E-state index contributed by atoms with van der Waals surface area (Å²) in [6.07, 6.45) is 7.53. The van der Waals surface area contributed by atoms with Gasteiger partial charge >= 0.3 is 0 Å². The van der Waals surface area contributed by atoms with Crippen molar-refractivity contribution in [1.82, 2.24) is 14.7 Å². The lowest BCUT2D eigenvalue weighted by Gasteiger charge is -2.36. The van der Waals surface area contributed by atoms with Gasteiger partial charge in [-0.15, -0.1) is 0 Å². The van der Waals surface area contributed by atoms with Crippen molar-refractivity contribution >= 4 is 5.91 Å². The van der Waals surface area contributed by atoms with E-state index in [1.165, 1.54) is 4.68 Å². The van der Waals surface area contributed by atoms with Gasteiger partial charge in [-0.25, -0.2) is 4.68 Å². The fraction of sp³-hybridized carbons (Fsp3) is 0.591. The van der Waals surface area contributed by atoms with Gasteiger partial charge in [0.15, 0.2) is 5.76 Å². The smallest absolute Gasteiger partial charge is 0.266 e. The molecular formula is C22H29N3O4. The second-order valence-electron chi connectivity index (χ2n) is 8.21. The third kappa shape index (κ3) is 4.61. The topological polar surface area (TPSA) is 77.6 Å². The van der Waals surface area contributed by atoms with Crippen LogP contribution in [0.3, 0.4) is 0 Å². The molecule has 0 aromatic carbocycles. The van der Waals surface area contributed by atoms with Gasteiger partial charge in [0, 0.05) is 38.7 Å². The molecule has 0 bridgehead atoms. The third-order valence-electron chi connectivity index (χ3n) is 6.31. The summed E-state index contributed by atoms with van der Waals surface area (Å²) in [4.78, 5) is 27.2. The van der Waals surface area contributed by atoms with E-state index in [-0.39, 0.29) is 23.5 Å². The Kier molecular flexibility index (Phi) is 6.13. The van der Waals surface area contributed by atoms with Crippen LogP contribution < -0.4 is 5.56 Å². The van der Waals surface area contributed by atoms with E-state index in [0.29, 0.717) is 23.9 Å². The minimum atomic E-state index is -0.105. The first kappa shape index (κ1) is 19.9. The Morgan fingerprint density at radius 3 is 2.76 bits per heavy atom. The number of nitrogens with zero attached hydrogens (tertiary/aromatic N) is 3. The zero-order chi connectivity index (χ0) is 20.2. The molecule has 0 N–H and O–H groups in total. The number of piperidine rings is 1. The van der Waals surface area contributed by atoms with E-state index in [4.69, 9.17) is 9.15 Å². The van der Waals surface area contributed by atoms with Crippen LogP contribution in [-0.4, -0.2) is 46.9 Å². The number of methoxy groups -OCH3 is 1. The number of likely N-dealkylation sites (tertiary alicyclic amines) is 1. The lowest BCUT2D eigenvalue weighted by molar-refractivity contribution is -0.139. The molecule has 29 heavy (non-hydrogen) atoms. The van der Waals surface area contributed by atoms with Gasteiger partial charge < -0.3 is 14.1 Å². The SMILES string of the molecule is CO[C@H]1CCC[C@H](C(=O)N2CCC(Cn3nc(-c4ccco4)ccc3=O)CC2)C1. The van der Waals surface area contributed by atoms with Gasteiger partial charge in [0.05, 0.1) is 12.4 Å². The predicted molar refractivity (Wildman–Crippen MR) is 108 cm³/mol. The van der Waals surface area contributed by atoms with Gasteiger partial charge in [-0.1, -0.05) is 6.42 Å². The fourth-order valence-corrected chi connectivity index (χ4v) is 4.56. The number of aromatic nitrogens is 2. The second kappa shape index (κ2) is 8.95. The quantitative estimate of drug-likeness (QED) is 0.773. The second-order valence-corrected chi connectivity index (χ2v) is 8.21. The summed E-state index contributed by atoms with van der Waals surface area (Å²) in [5.41, 5.74) is 0.554. The number of amides is 1. The first-order chi connectivity index (χ1) is 14.1. The largest absolute Gasteiger partial charge is 0.463 e. The number of rotatable bonds is 5. The van der Waals surface area contributed by atoms with Crippen molar-refractivity contribution in [3.05, 3.63) is 40.9 Å². The number of hydrogen-bond donors (Lipinski definition) is 0. The van der Waals surface area contributed by atoms with E-state index in [1.807, 2.05) is 11.0 Å². The van der Waals surface area contributed by atoms with E-state index in [9.17, 15) is 9.59 Å². The fourth-order valence-electron chi connectivity index (χ4n) is 4.56. The number of ether oxygens (including phenoxy) is 1. The lowest BCUT2D eigenvalue weighted by Crippen LogP contribution is -2.44. The summed E-state index contributed by atoms with van der Waals surface area (Å²) in [5, 5.41) is 4.47. The molecule has 1 saturated heterocycles. The van der Waals surface area contributed by atoms with Crippen LogP contribution in [0, 0.1) is 11.8 Å². The molecule has 7 heteroatoms. The van der Waals surface area contributed by atoms with Crippen molar-refractivity contribution < 1.29 is 13.9 Å². The van der Waals surface area contributed by atoms with E-state index in [1.54, 1.807) is 31.6 Å². The van der Waals surface area contributed by atoms with E-state index in [2.05, 4.69) is 5.10 Å². The van der Waals surface area contributed by atoms with Crippen LogP contribution in [0.1, 0.15) is 38.5 Å². The molecule has 2 aromatic heterocycles. The Balaban J connectivity index is 1.34. The van der Waals surface area contributed by atoms with Gasteiger partial charge in [0.25, 0.3) is 5.56 Å². The molecule has 0 spiro atoms. The van der Waals surface area contributed by atoms with Gasteiger partial charge in [-0.05, 0) is 56.2 Å². The molecule has 1 saturated carbocycles. The molecule has 0 unspecified atom stereocenters. The van der Waals surface area contributed by atoms with Crippen molar-refractivity contribution in [3.8, 4) is 11.5 Å². The van der Waals surface area contributed by atoms with Crippen LogP contribution in [0.2, 0.25) is 0 Å². The average Bonchev–Trinajstić information content (AvgIpc) is 3.30. The van der Waals surface area contributed by atoms with Crippen LogP contribution >= 0.6 is 0 Å². The molecule has 1 amide bonds. The molecule has 4 rings (SSSR count). The molecule has 1 aliphatic heterocycles. The van der Waals surface area contributed by atoms with Gasteiger partial charge in [0.2, 0.25) is 5.91 Å². The van der Waals surface area contributed by atoms with Crippen LogP contribution in [0.4, 0.5) is 0 Å². The van der Waals surface area contributed by atoms with Crippen molar-refractivity contribution in [1.29, 1.82) is 0 Å². The number of carbonyl (C=O) groups is 1. The first-order valence-electron chi connectivity index (χ1n) is 10.6. The zero-order valence-electron chi connectivity index (χ0n) is 17.0. The monoisotopic (exact) mass is 399 g/mol. The molecule has 2 aliphatic rings. The van der Waals surface area contributed by atoms with E-state index < -0.39 is 0 Å². The third-order valence-corrected chi connectivity index (χ3v) is 6.31. The maximum absolute atomic E-state index is 12.9. The molecule has 1 aliphatic carbocycles. The number of hydrogen-bond acceptors (Lipinski definition) is 5. The Hall–Kier alpha value is -2.41. The molecule has 156 valence electrons. The minimum absolute atomic E-state index is 0.0968. The molecule has 0 radical (unpaired) electrons. The Bertz CT molecular complexity index is 868. The molecule has 7 nitrogen and oxygen atoms in total. The molecule has 2 atom stereocenters. The van der Waals surface area contributed by atoms with E-state index in [0.717, 1.165) is 51.6 Å². The molecular weight excluding hydrogens is 370 g/mol. The number of furan rings is 1. The van der Waals surface area contributed by atoms with Gasteiger partial charge in [-0.2, -0.15) is 5.10 Å². The summed E-state index contributed by atoms with van der Waals surface area (Å²) in [5.74, 6) is 1.37. The Morgan fingerprint density at radius 2 is 2.03 bits per heavy atom. The molecule has 3 heterocycles. The standard InChI is InChI=1S/C22H29N3O4/c1-28-18-5-2-4-17(14-18)22(27)24-11-9-16(10-12-24)15-25-21(26)8-7-19(23-25)20-6-3-13-29-20/h3,6-8,13,16-18H,2,4-5,9-12,14-15H2,1H3/t17-,18-/m0/s1. The van der Waals surface area contributed by atoms with Crippen molar-refractivity contribution in [2.75, 3.05) is 20.2 Å². The van der Waals surface area contributed by atoms with Gasteiger partial charge in [-0.3, -0.25) is 9.59 Å². The maximum Gasteiger partial charge on any atom is 0.266 e. The van der Waals surface area contributed by atoms with Gasteiger partial charge in [0.1, 0.15) is 5.69 Å². The first-order valence-corrected chi connectivity index (χ1v) is 10.6. The highest BCUT2D eigenvalue weighted by Crippen LogP contribution is 2.29. The summed E-state index contributed by atoms with van der Waals surface area (Å²) >= 11 is 0. The highest BCUT2D eigenvalue weighted by atomic mass is 16.5. The van der Waals surface area contributed by atoms with Crippen LogP contribution in [0.5, 0.6) is 0 Å². The molecule has 2 fully saturated rings. The van der Waals surface area contributed by atoms with Crippen molar-refractivity contribution in [2.45, 2.75) is 51.2 Å². The highest BCUT2D eigenvalue weighted by molar-refractivity contribution is 5.79. The number of carbonyl (C=O) groups excluding carboxylic acids is 1. The summed E-state index contributed by atoms with van der Waals surface area (Å²) in [6, 6.07) is 6.87. The minimum Gasteiger partial charge on any atom is -0.463 e. The summed E-state index contributed by atoms with van der Waals surface area (Å²) < 4.78 is 12.4. The van der Waals surface area contributed by atoms with Crippen LogP contribution in [0.25, 0.3) is 11.5 Å². The maximum atomic E-state index is 12.9. The summed E-state index contributed by atoms with van der Waals surface area (Å²) in [7, 11) is 1.74. The van der Waals surface area contributed by atoms with Crippen molar-refractivity contribution in [2.24, 2.45) is 11.8 Å². The average molecular weight is 399 g/mol. The van der Waals surface area contributed by atoms with Crippen LogP contribution in [-0.2, 0) is 16.1 Å². The van der Waals surface area contributed by atoms with Crippen molar-refractivity contribution in [3.63, 3.8) is 0 Å². The van der Waals surface area contributed by atoms with E-state index >= 15 is 0 Å². The highest BCUT2D eigenvalue weighted by Gasteiger charge is 2.32.